The molecule has 13 nitrogen and oxygen atoms in total. The van der Waals surface area contributed by atoms with Gasteiger partial charge in [0, 0.05) is 30.5 Å². The predicted molar refractivity (Wildman–Crippen MR) is 133 cm³/mol. The number of carbonyl (C=O) groups excluding carboxylic acids is 6. The summed E-state index contributed by atoms with van der Waals surface area (Å²) in [5.41, 5.74) is 0.658. The SMILES string of the molecule is COC(=O)CCC1=C(CC(=O)OC)[C@@](C)(Cc2[nH]c(C(=O)OC)c(CCC(=O)OC)c2CC(=O)OC)NC1=O. The fourth-order valence-electron chi connectivity index (χ4n) is 4.58. The Labute approximate surface area is 225 Å². The van der Waals surface area contributed by atoms with Gasteiger partial charge in [-0.2, -0.15) is 0 Å². The quantitative estimate of drug-likeness (QED) is 0.263. The molecule has 2 heterocycles. The van der Waals surface area contributed by atoms with E-state index in [0.29, 0.717) is 22.4 Å². The molecule has 2 N–H and O–H groups in total. The normalized spacial score (nSPS) is 16.4. The monoisotopic (exact) mass is 550 g/mol. The minimum atomic E-state index is -1.17. The van der Waals surface area contributed by atoms with Crippen LogP contribution in [0.3, 0.4) is 0 Å². The fraction of sp³-hybridized carbons (Fsp3) is 0.538. The first-order valence-corrected chi connectivity index (χ1v) is 12.1. The van der Waals surface area contributed by atoms with Crippen molar-refractivity contribution in [3.8, 4) is 0 Å². The molecule has 1 aliphatic heterocycles. The van der Waals surface area contributed by atoms with Gasteiger partial charge in [-0.15, -0.1) is 0 Å². The summed E-state index contributed by atoms with van der Waals surface area (Å²) >= 11 is 0. The highest BCUT2D eigenvalue weighted by atomic mass is 16.5. The topological polar surface area (TPSA) is 176 Å². The van der Waals surface area contributed by atoms with Crippen molar-refractivity contribution < 1.29 is 52.5 Å². The number of methoxy groups -OCH3 is 5. The highest BCUT2D eigenvalue weighted by Crippen LogP contribution is 2.37. The van der Waals surface area contributed by atoms with E-state index in [1.807, 2.05) is 0 Å². The molecular formula is C26H34N2O11. The van der Waals surface area contributed by atoms with Crippen LogP contribution in [-0.4, -0.2) is 81.8 Å². The van der Waals surface area contributed by atoms with Gasteiger partial charge in [0.1, 0.15) is 5.69 Å². The Bertz CT molecular complexity index is 1180. The summed E-state index contributed by atoms with van der Waals surface area (Å²) in [6, 6.07) is 0. The Kier molecular flexibility index (Phi) is 10.8. The third-order valence-electron chi connectivity index (χ3n) is 6.63. The molecular weight excluding hydrogens is 516 g/mol. The second-order valence-electron chi connectivity index (χ2n) is 9.01. The number of esters is 5. The molecule has 39 heavy (non-hydrogen) atoms. The van der Waals surface area contributed by atoms with Gasteiger partial charge >= 0.3 is 29.8 Å². The number of H-pyrrole nitrogens is 1. The molecule has 0 radical (unpaired) electrons. The molecule has 214 valence electrons. The standard InChI is InChI=1S/C26H34N2O11/c1-26(17(12-22(32)38-5)15(24(33)28-26)8-10-20(30)36-3)13-18-16(11-21(31)37-4)14(7-9-19(29)35-2)23(27-18)25(34)39-6/h27H,7-13H2,1-6H3,(H,28,33)/t26-/m1/s1. The van der Waals surface area contributed by atoms with Crippen molar-refractivity contribution in [2.45, 2.75) is 57.4 Å². The van der Waals surface area contributed by atoms with E-state index in [9.17, 15) is 28.8 Å². The van der Waals surface area contributed by atoms with E-state index in [1.54, 1.807) is 6.92 Å². The molecule has 0 spiro atoms. The maximum absolute atomic E-state index is 13.0. The van der Waals surface area contributed by atoms with E-state index < -0.39 is 41.3 Å². The smallest absolute Gasteiger partial charge is 0.354 e. The van der Waals surface area contributed by atoms with Gasteiger partial charge in [-0.05, 0) is 36.5 Å². The van der Waals surface area contributed by atoms with Gasteiger partial charge in [-0.3, -0.25) is 24.0 Å². The van der Waals surface area contributed by atoms with Crippen LogP contribution in [0.5, 0.6) is 0 Å². The van der Waals surface area contributed by atoms with Gasteiger partial charge < -0.3 is 34.0 Å². The molecule has 1 aliphatic rings. The number of amides is 1. The molecule has 1 atom stereocenters. The average molecular weight is 551 g/mol. The summed E-state index contributed by atoms with van der Waals surface area (Å²) in [7, 11) is 6.09. The molecule has 0 aromatic carbocycles. The van der Waals surface area contributed by atoms with E-state index in [-0.39, 0.29) is 56.2 Å². The minimum absolute atomic E-state index is 0.0152. The van der Waals surface area contributed by atoms with Crippen LogP contribution < -0.4 is 5.32 Å². The second-order valence-corrected chi connectivity index (χ2v) is 9.01. The van der Waals surface area contributed by atoms with Gasteiger partial charge in [0.15, 0.2) is 0 Å². The number of hydrogen-bond acceptors (Lipinski definition) is 11. The van der Waals surface area contributed by atoms with E-state index >= 15 is 0 Å². The van der Waals surface area contributed by atoms with Crippen LogP contribution in [0.25, 0.3) is 0 Å². The van der Waals surface area contributed by atoms with Crippen LogP contribution in [0.15, 0.2) is 11.1 Å². The molecule has 0 aliphatic carbocycles. The van der Waals surface area contributed by atoms with Crippen molar-refractivity contribution in [1.82, 2.24) is 10.3 Å². The molecule has 1 aromatic rings. The third kappa shape index (κ3) is 7.45. The predicted octanol–water partition coefficient (Wildman–Crippen LogP) is 0.866. The van der Waals surface area contributed by atoms with Crippen LogP contribution in [0.1, 0.15) is 59.9 Å². The lowest BCUT2D eigenvalue weighted by atomic mass is 9.83. The Hall–Kier alpha value is -4.16. The Morgan fingerprint density at radius 2 is 1.26 bits per heavy atom. The lowest BCUT2D eigenvalue weighted by Crippen LogP contribution is -2.44. The Morgan fingerprint density at radius 3 is 1.79 bits per heavy atom. The highest BCUT2D eigenvalue weighted by molar-refractivity contribution is 6.00. The van der Waals surface area contributed by atoms with Crippen molar-refractivity contribution in [1.29, 1.82) is 0 Å². The van der Waals surface area contributed by atoms with Crippen LogP contribution in [0.4, 0.5) is 0 Å². The van der Waals surface area contributed by atoms with Crippen LogP contribution >= 0.6 is 0 Å². The van der Waals surface area contributed by atoms with Crippen LogP contribution in [0, 0.1) is 0 Å². The second kappa shape index (κ2) is 13.6. The number of aromatic nitrogens is 1. The zero-order valence-corrected chi connectivity index (χ0v) is 22.9. The molecule has 2 rings (SSSR count). The van der Waals surface area contributed by atoms with Crippen molar-refractivity contribution in [2.75, 3.05) is 35.5 Å². The summed E-state index contributed by atoms with van der Waals surface area (Å²) in [5.74, 6) is -3.44. The Balaban J connectivity index is 2.65. The summed E-state index contributed by atoms with van der Waals surface area (Å²) in [6.45, 7) is 1.68. The number of nitrogens with one attached hydrogen (secondary N) is 2. The molecule has 0 bridgehead atoms. The molecule has 1 amide bonds. The van der Waals surface area contributed by atoms with Crippen LogP contribution in [-0.2, 0) is 66.9 Å². The van der Waals surface area contributed by atoms with E-state index in [2.05, 4.69) is 15.0 Å². The minimum Gasteiger partial charge on any atom is -0.469 e. The summed E-state index contributed by atoms with van der Waals surface area (Å²) < 4.78 is 24.0. The van der Waals surface area contributed by atoms with Crippen molar-refractivity contribution in [3.63, 3.8) is 0 Å². The van der Waals surface area contributed by atoms with E-state index in [4.69, 9.17) is 18.9 Å². The molecule has 1 aromatic heterocycles. The average Bonchev–Trinajstić information content (AvgIpc) is 3.37. The van der Waals surface area contributed by atoms with E-state index in [1.165, 1.54) is 35.5 Å². The maximum Gasteiger partial charge on any atom is 0.354 e. The number of hydrogen-bond donors (Lipinski definition) is 2. The lowest BCUT2D eigenvalue weighted by Gasteiger charge is -2.28. The number of carbonyl (C=O) groups is 6. The van der Waals surface area contributed by atoms with Gasteiger partial charge in [-0.25, -0.2) is 4.79 Å². The maximum atomic E-state index is 13.0. The fourth-order valence-corrected chi connectivity index (χ4v) is 4.58. The largest absolute Gasteiger partial charge is 0.469 e. The van der Waals surface area contributed by atoms with Gasteiger partial charge in [-0.1, -0.05) is 0 Å². The Morgan fingerprint density at radius 1 is 0.718 bits per heavy atom. The molecule has 0 saturated carbocycles. The lowest BCUT2D eigenvalue weighted by molar-refractivity contribution is -0.141. The van der Waals surface area contributed by atoms with Gasteiger partial charge in [0.25, 0.3) is 0 Å². The van der Waals surface area contributed by atoms with Crippen molar-refractivity contribution in [2.24, 2.45) is 0 Å². The van der Waals surface area contributed by atoms with Gasteiger partial charge in [0.2, 0.25) is 5.91 Å². The van der Waals surface area contributed by atoms with Gasteiger partial charge in [0.05, 0.1) is 53.9 Å². The first-order valence-electron chi connectivity index (χ1n) is 12.1. The number of ether oxygens (including phenoxy) is 5. The zero-order valence-electron chi connectivity index (χ0n) is 22.9. The molecule has 0 unspecified atom stereocenters. The van der Waals surface area contributed by atoms with E-state index in [0.717, 1.165) is 0 Å². The first kappa shape index (κ1) is 31.1. The molecule has 0 fully saturated rings. The van der Waals surface area contributed by atoms with Crippen LogP contribution in [0.2, 0.25) is 0 Å². The third-order valence-corrected chi connectivity index (χ3v) is 6.63. The zero-order chi connectivity index (χ0) is 29.3. The summed E-state index contributed by atoms with van der Waals surface area (Å²) in [4.78, 5) is 77.0. The summed E-state index contributed by atoms with van der Waals surface area (Å²) in [5, 5.41) is 2.88. The highest BCUT2D eigenvalue weighted by Gasteiger charge is 2.43. The number of rotatable bonds is 13. The number of aromatic amines is 1. The molecule has 0 saturated heterocycles. The van der Waals surface area contributed by atoms with Crippen molar-refractivity contribution >= 4 is 35.8 Å². The molecule has 13 heteroatoms. The first-order chi connectivity index (χ1) is 18.4. The van der Waals surface area contributed by atoms with Crippen molar-refractivity contribution in [3.05, 3.63) is 33.7 Å². The summed E-state index contributed by atoms with van der Waals surface area (Å²) in [6.07, 6.45) is -0.553.